The number of aromatic nitrogens is 2. The molecular formula is C68H46N2. The van der Waals surface area contributed by atoms with E-state index >= 15 is 0 Å². The van der Waals surface area contributed by atoms with Gasteiger partial charge < -0.3 is 9.13 Å². The molecule has 2 nitrogen and oxygen atoms in total. The highest BCUT2D eigenvalue weighted by atomic mass is 15.0. The van der Waals surface area contributed by atoms with Gasteiger partial charge in [0, 0.05) is 33.7 Å². The smallest absolute Gasteiger partial charge is 0.0635 e. The first-order chi connectivity index (χ1) is 34.7. The second-order valence-corrected chi connectivity index (χ2v) is 18.2. The third-order valence-corrected chi connectivity index (χ3v) is 13.9. The second kappa shape index (κ2) is 17.4. The van der Waals surface area contributed by atoms with E-state index in [1.807, 2.05) is 0 Å². The van der Waals surface area contributed by atoms with Gasteiger partial charge >= 0.3 is 0 Å². The van der Waals surface area contributed by atoms with Crippen LogP contribution in [-0.2, 0) is 0 Å². The van der Waals surface area contributed by atoms with Crippen LogP contribution in [0.15, 0.2) is 279 Å². The fourth-order valence-corrected chi connectivity index (χ4v) is 10.5. The van der Waals surface area contributed by atoms with Crippen molar-refractivity contribution < 1.29 is 0 Å². The zero-order valence-corrected chi connectivity index (χ0v) is 38.5. The third-order valence-electron chi connectivity index (χ3n) is 13.9. The molecule has 328 valence electrons. The summed E-state index contributed by atoms with van der Waals surface area (Å²) in [5, 5.41) is 3.60. The summed E-state index contributed by atoms with van der Waals surface area (Å²) in [6, 6.07) is 99.6. The van der Waals surface area contributed by atoms with Crippen LogP contribution in [0.1, 0.15) is 0 Å². The molecule has 0 radical (unpaired) electrons. The summed E-state index contributed by atoms with van der Waals surface area (Å²) in [5.41, 5.74) is 22.3. The highest BCUT2D eigenvalue weighted by Gasteiger charge is 2.20. The minimum atomic E-state index is 1.11. The molecule has 0 N–H and O–H groups in total. The fourth-order valence-electron chi connectivity index (χ4n) is 10.5. The predicted octanol–water partition coefficient (Wildman–Crippen LogP) is 18.4. The van der Waals surface area contributed by atoms with E-state index in [0.717, 1.165) is 22.4 Å². The van der Waals surface area contributed by atoms with Gasteiger partial charge in [0.2, 0.25) is 0 Å². The molecule has 0 unspecified atom stereocenters. The molecule has 0 fully saturated rings. The second-order valence-electron chi connectivity index (χ2n) is 18.2. The monoisotopic (exact) mass is 890 g/mol. The van der Waals surface area contributed by atoms with Gasteiger partial charge in [-0.05, 0) is 157 Å². The highest BCUT2D eigenvalue weighted by molar-refractivity contribution is 6.19. The molecule has 0 aliphatic carbocycles. The van der Waals surface area contributed by atoms with Crippen LogP contribution in [0.2, 0.25) is 0 Å². The van der Waals surface area contributed by atoms with Crippen molar-refractivity contribution in [3.05, 3.63) is 279 Å². The largest absolute Gasteiger partial charge is 0.316 e. The first-order valence-corrected chi connectivity index (χ1v) is 24.1. The van der Waals surface area contributed by atoms with E-state index < -0.39 is 0 Å². The Hall–Kier alpha value is -9.24. The van der Waals surface area contributed by atoms with Crippen LogP contribution in [0, 0.1) is 0 Å². The Labute approximate surface area is 408 Å². The van der Waals surface area contributed by atoms with Gasteiger partial charge in [0.25, 0.3) is 0 Å². The van der Waals surface area contributed by atoms with Crippen molar-refractivity contribution in [1.29, 1.82) is 0 Å². The maximum Gasteiger partial charge on any atom is 0.0635 e. The van der Waals surface area contributed by atoms with Crippen LogP contribution >= 0.6 is 0 Å². The van der Waals surface area contributed by atoms with Gasteiger partial charge in [0.05, 0.1) is 16.6 Å². The van der Waals surface area contributed by atoms with Gasteiger partial charge in [-0.25, -0.2) is 0 Å². The van der Waals surface area contributed by atoms with Crippen LogP contribution in [0.3, 0.4) is 0 Å². The minimum Gasteiger partial charge on any atom is -0.316 e. The van der Waals surface area contributed by atoms with Crippen molar-refractivity contribution in [2.75, 3.05) is 0 Å². The Morgan fingerprint density at radius 1 is 0.200 bits per heavy atom. The molecule has 13 rings (SSSR count). The van der Waals surface area contributed by atoms with Gasteiger partial charge in [0.1, 0.15) is 0 Å². The summed E-state index contributed by atoms with van der Waals surface area (Å²) >= 11 is 0. The normalized spacial score (nSPS) is 11.4. The Balaban J connectivity index is 1.07. The maximum atomic E-state index is 2.52. The minimum absolute atomic E-state index is 1.11. The molecule has 70 heavy (non-hydrogen) atoms. The molecule has 0 saturated carbocycles. The van der Waals surface area contributed by atoms with Gasteiger partial charge in [-0.15, -0.1) is 0 Å². The van der Waals surface area contributed by atoms with Gasteiger partial charge in [-0.1, -0.05) is 194 Å². The van der Waals surface area contributed by atoms with Crippen molar-refractivity contribution in [2.45, 2.75) is 0 Å². The number of fused-ring (bicyclic) bond motifs is 5. The molecule has 0 aliphatic rings. The molecule has 11 aromatic carbocycles. The average Bonchev–Trinajstić information content (AvgIpc) is 4.04. The van der Waals surface area contributed by atoms with Crippen LogP contribution in [0.25, 0.3) is 122 Å². The molecule has 2 heteroatoms. The van der Waals surface area contributed by atoms with Crippen molar-refractivity contribution in [2.24, 2.45) is 0 Å². The lowest BCUT2D eigenvalue weighted by atomic mass is 9.93. The molecule has 0 aliphatic heterocycles. The van der Waals surface area contributed by atoms with Crippen LogP contribution in [0.4, 0.5) is 0 Å². The van der Waals surface area contributed by atoms with Gasteiger partial charge in [0.15, 0.2) is 0 Å². The summed E-state index contributed by atoms with van der Waals surface area (Å²) in [7, 11) is 0. The first-order valence-electron chi connectivity index (χ1n) is 24.1. The van der Waals surface area contributed by atoms with E-state index in [9.17, 15) is 0 Å². The first kappa shape index (κ1) is 41.0. The summed E-state index contributed by atoms with van der Waals surface area (Å²) in [5.74, 6) is 0. The zero-order valence-electron chi connectivity index (χ0n) is 38.5. The lowest BCUT2D eigenvalue weighted by Gasteiger charge is -2.15. The number of rotatable bonds is 9. The van der Waals surface area contributed by atoms with Crippen molar-refractivity contribution in [3.8, 4) is 89.3 Å². The molecule has 0 saturated heterocycles. The quantitative estimate of drug-likeness (QED) is 0.137. The standard InChI is InChI=1S/C68H46N2/c1-7-19-47(20-8-1)54-37-55(48-21-9-2-10-22-48)39-56(38-54)53-31-33-67-65(46-53)63-32-34-66-64(35-36-69(66)61-42-57(49-23-11-3-12-24-49)40-58(43-61)50-25-13-4-14-26-50)68(63)70(67)62-44-59(51-27-15-5-16-28-51)41-60(45-62)52-29-17-6-18-30-52/h1-46H. The molecule has 2 heterocycles. The van der Waals surface area contributed by atoms with Crippen LogP contribution in [0.5, 0.6) is 0 Å². The summed E-state index contributed by atoms with van der Waals surface area (Å²) in [6.07, 6.45) is 2.26. The lowest BCUT2D eigenvalue weighted by Crippen LogP contribution is -1.97. The van der Waals surface area contributed by atoms with Crippen molar-refractivity contribution in [3.63, 3.8) is 0 Å². The molecule has 2 aromatic heterocycles. The van der Waals surface area contributed by atoms with E-state index in [0.29, 0.717) is 0 Å². The van der Waals surface area contributed by atoms with Crippen molar-refractivity contribution in [1.82, 2.24) is 9.13 Å². The molecule has 0 atom stereocenters. The Morgan fingerprint density at radius 2 is 0.543 bits per heavy atom. The topological polar surface area (TPSA) is 9.86 Å². The number of nitrogens with zero attached hydrogens (tertiary/aromatic N) is 2. The van der Waals surface area contributed by atoms with Gasteiger partial charge in [-0.3, -0.25) is 0 Å². The summed E-state index contributed by atoms with van der Waals surface area (Å²) in [4.78, 5) is 0. The Bertz CT molecular complexity index is 3830. The average molecular weight is 891 g/mol. The highest BCUT2D eigenvalue weighted by Crippen LogP contribution is 2.43. The van der Waals surface area contributed by atoms with Gasteiger partial charge in [-0.2, -0.15) is 0 Å². The molecular weight excluding hydrogens is 845 g/mol. The summed E-state index contributed by atoms with van der Waals surface area (Å²) < 4.78 is 4.89. The molecule has 0 spiro atoms. The van der Waals surface area contributed by atoms with E-state index in [-0.39, 0.29) is 0 Å². The zero-order chi connectivity index (χ0) is 46.4. The van der Waals surface area contributed by atoms with E-state index in [1.54, 1.807) is 0 Å². The Morgan fingerprint density at radius 3 is 0.943 bits per heavy atom. The summed E-state index contributed by atoms with van der Waals surface area (Å²) in [6.45, 7) is 0. The molecule has 0 amide bonds. The van der Waals surface area contributed by atoms with Crippen LogP contribution < -0.4 is 0 Å². The number of hydrogen-bond acceptors (Lipinski definition) is 0. The fraction of sp³-hybridized carbons (Fsp3) is 0. The van der Waals surface area contributed by atoms with Crippen LogP contribution in [-0.4, -0.2) is 9.13 Å². The van der Waals surface area contributed by atoms with E-state index in [4.69, 9.17) is 0 Å². The number of benzene rings is 11. The molecule has 0 bridgehead atoms. The number of hydrogen-bond donors (Lipinski definition) is 0. The third kappa shape index (κ3) is 7.49. The van der Waals surface area contributed by atoms with E-state index in [2.05, 4.69) is 288 Å². The SMILES string of the molecule is c1ccc(-c2cc(-c3ccccc3)cc(-c3ccc4c(c3)c3ccc5c(ccn5-c5cc(-c6ccccc6)cc(-c6ccccc6)c5)c3n4-c3cc(-c4ccccc4)cc(-c4ccccc4)c3)c2)cc1. The predicted molar refractivity (Wildman–Crippen MR) is 296 cm³/mol. The lowest BCUT2D eigenvalue weighted by molar-refractivity contribution is 1.13. The van der Waals surface area contributed by atoms with Crippen molar-refractivity contribution >= 4 is 32.7 Å². The Kier molecular flexibility index (Phi) is 10.2. The van der Waals surface area contributed by atoms with E-state index in [1.165, 1.54) is 99.6 Å². The molecule has 13 aromatic rings. The maximum absolute atomic E-state index is 2.52.